The highest BCUT2D eigenvalue weighted by Crippen LogP contribution is 2.11. The Kier molecular flexibility index (Phi) is 5.40. The number of carboxylic acids is 1. The number of nitrogens with one attached hydrogen (secondary N) is 1. The minimum Gasteiger partial charge on any atom is -0.492 e. The molecule has 0 aliphatic heterocycles. The average Bonchev–Trinajstić information content (AvgIpc) is 2.97. The summed E-state index contributed by atoms with van der Waals surface area (Å²) in [6, 6.07) is 10.5. The molecule has 0 aliphatic carbocycles. The van der Waals surface area contributed by atoms with Gasteiger partial charge in [-0.2, -0.15) is 0 Å². The fourth-order valence-electron chi connectivity index (χ4n) is 1.97. The molecule has 0 fully saturated rings. The molecule has 1 aromatic heterocycles. The van der Waals surface area contributed by atoms with Crippen molar-refractivity contribution in [3.63, 3.8) is 0 Å². The van der Waals surface area contributed by atoms with Crippen molar-refractivity contribution in [2.75, 3.05) is 13.2 Å². The van der Waals surface area contributed by atoms with E-state index in [-0.39, 0.29) is 5.56 Å². The van der Waals surface area contributed by atoms with E-state index in [1.165, 1.54) is 12.1 Å². The van der Waals surface area contributed by atoms with Crippen LogP contribution in [0.1, 0.15) is 23.0 Å². The molecule has 0 saturated carbocycles. The van der Waals surface area contributed by atoms with E-state index in [4.69, 9.17) is 14.3 Å². The van der Waals surface area contributed by atoms with Gasteiger partial charge in [-0.1, -0.05) is 0 Å². The third-order valence-corrected chi connectivity index (χ3v) is 3.05. The molecule has 5 nitrogen and oxygen atoms in total. The quantitative estimate of drug-likeness (QED) is 0.731. The fraction of sp³-hybridized carbons (Fsp3) is 0.312. The zero-order valence-corrected chi connectivity index (χ0v) is 11.9. The largest absolute Gasteiger partial charge is 0.492 e. The summed E-state index contributed by atoms with van der Waals surface area (Å²) in [6.45, 7) is 3.32. The van der Waals surface area contributed by atoms with Crippen LogP contribution in [0.3, 0.4) is 0 Å². The van der Waals surface area contributed by atoms with Crippen LogP contribution in [0.15, 0.2) is 47.1 Å². The maximum Gasteiger partial charge on any atom is 0.335 e. The van der Waals surface area contributed by atoms with Crippen molar-refractivity contribution < 1.29 is 19.1 Å². The van der Waals surface area contributed by atoms with Crippen LogP contribution >= 0.6 is 0 Å². The highest BCUT2D eigenvalue weighted by atomic mass is 16.5. The maximum absolute atomic E-state index is 10.7. The minimum absolute atomic E-state index is 0.257. The number of rotatable bonds is 8. The molecule has 112 valence electrons. The summed E-state index contributed by atoms with van der Waals surface area (Å²) in [7, 11) is 0. The molecular formula is C16H19NO4. The second kappa shape index (κ2) is 7.50. The van der Waals surface area contributed by atoms with Gasteiger partial charge in [-0.3, -0.25) is 0 Å². The van der Waals surface area contributed by atoms with Gasteiger partial charge in [-0.05, 0) is 43.3 Å². The Morgan fingerprint density at radius 3 is 2.71 bits per heavy atom. The third-order valence-electron chi connectivity index (χ3n) is 3.05. The van der Waals surface area contributed by atoms with Crippen molar-refractivity contribution in [1.29, 1.82) is 0 Å². The van der Waals surface area contributed by atoms with Crippen LogP contribution in [0.4, 0.5) is 0 Å². The minimum atomic E-state index is -0.935. The first-order valence-electron chi connectivity index (χ1n) is 6.87. The summed E-state index contributed by atoms with van der Waals surface area (Å²) < 4.78 is 10.8. The molecule has 5 heteroatoms. The van der Waals surface area contributed by atoms with Crippen LogP contribution in [0.5, 0.6) is 5.75 Å². The lowest BCUT2D eigenvalue weighted by Gasteiger charge is -2.13. The Labute approximate surface area is 123 Å². The molecule has 2 N–H and O–H groups in total. The van der Waals surface area contributed by atoms with Gasteiger partial charge in [0.2, 0.25) is 0 Å². The number of hydrogen-bond donors (Lipinski definition) is 2. The Morgan fingerprint density at radius 2 is 2.10 bits per heavy atom. The first-order chi connectivity index (χ1) is 10.1. The van der Waals surface area contributed by atoms with Crippen molar-refractivity contribution in [2.24, 2.45) is 0 Å². The van der Waals surface area contributed by atoms with Gasteiger partial charge >= 0.3 is 5.97 Å². The molecule has 1 unspecified atom stereocenters. The predicted molar refractivity (Wildman–Crippen MR) is 78.8 cm³/mol. The molecule has 0 amide bonds. The summed E-state index contributed by atoms with van der Waals surface area (Å²) in [6.07, 6.45) is 2.51. The van der Waals surface area contributed by atoms with Crippen LogP contribution in [-0.4, -0.2) is 30.3 Å². The number of carboxylic acid groups (broad SMARTS) is 1. The average molecular weight is 289 g/mol. The van der Waals surface area contributed by atoms with E-state index in [0.29, 0.717) is 24.9 Å². The molecule has 21 heavy (non-hydrogen) atoms. The van der Waals surface area contributed by atoms with Crippen molar-refractivity contribution in [1.82, 2.24) is 5.32 Å². The van der Waals surface area contributed by atoms with Gasteiger partial charge in [0.05, 0.1) is 11.8 Å². The lowest BCUT2D eigenvalue weighted by molar-refractivity contribution is 0.0697. The maximum atomic E-state index is 10.7. The van der Waals surface area contributed by atoms with Crippen molar-refractivity contribution in [2.45, 2.75) is 19.4 Å². The lowest BCUT2D eigenvalue weighted by atomic mass is 10.2. The van der Waals surface area contributed by atoms with Gasteiger partial charge in [-0.15, -0.1) is 0 Å². The first-order valence-corrected chi connectivity index (χ1v) is 6.87. The fourth-order valence-corrected chi connectivity index (χ4v) is 1.97. The first kappa shape index (κ1) is 15.1. The summed E-state index contributed by atoms with van der Waals surface area (Å²) in [5.41, 5.74) is 0.257. The summed E-state index contributed by atoms with van der Waals surface area (Å²) >= 11 is 0. The number of hydrogen-bond acceptors (Lipinski definition) is 4. The molecule has 2 rings (SSSR count). The van der Waals surface area contributed by atoms with Gasteiger partial charge < -0.3 is 19.6 Å². The van der Waals surface area contributed by atoms with Crippen LogP contribution in [0.25, 0.3) is 0 Å². The SMILES string of the molecule is CC(Cc1ccco1)NCCOc1ccc(C(=O)O)cc1. The third kappa shape index (κ3) is 4.96. The van der Waals surface area contributed by atoms with E-state index in [0.717, 1.165) is 12.2 Å². The van der Waals surface area contributed by atoms with Gasteiger partial charge in [0, 0.05) is 19.0 Å². The van der Waals surface area contributed by atoms with Crippen LogP contribution in [0, 0.1) is 0 Å². The highest BCUT2D eigenvalue weighted by molar-refractivity contribution is 5.87. The van der Waals surface area contributed by atoms with Gasteiger partial charge in [0.15, 0.2) is 0 Å². The smallest absolute Gasteiger partial charge is 0.335 e. The molecular weight excluding hydrogens is 270 g/mol. The van der Waals surface area contributed by atoms with E-state index >= 15 is 0 Å². The van der Waals surface area contributed by atoms with Crippen molar-refractivity contribution >= 4 is 5.97 Å². The Morgan fingerprint density at radius 1 is 1.33 bits per heavy atom. The number of aromatic carboxylic acids is 1. The van der Waals surface area contributed by atoms with Crippen LogP contribution < -0.4 is 10.1 Å². The zero-order chi connectivity index (χ0) is 15.1. The molecule has 0 aliphatic rings. The van der Waals surface area contributed by atoms with E-state index in [2.05, 4.69) is 12.2 Å². The molecule has 0 saturated heterocycles. The van der Waals surface area contributed by atoms with E-state index < -0.39 is 5.97 Å². The molecule has 0 spiro atoms. The van der Waals surface area contributed by atoms with Gasteiger partial charge in [-0.25, -0.2) is 4.79 Å². The number of carbonyl (C=O) groups is 1. The molecule has 0 bridgehead atoms. The lowest BCUT2D eigenvalue weighted by Crippen LogP contribution is -2.31. The number of ether oxygens (including phenoxy) is 1. The normalized spacial score (nSPS) is 12.0. The highest BCUT2D eigenvalue weighted by Gasteiger charge is 2.05. The van der Waals surface area contributed by atoms with E-state index in [1.54, 1.807) is 18.4 Å². The van der Waals surface area contributed by atoms with Crippen LogP contribution in [0.2, 0.25) is 0 Å². The Hall–Kier alpha value is -2.27. The van der Waals surface area contributed by atoms with Crippen LogP contribution in [-0.2, 0) is 6.42 Å². The molecule has 0 radical (unpaired) electrons. The van der Waals surface area contributed by atoms with Crippen molar-refractivity contribution in [3.05, 3.63) is 54.0 Å². The number of benzene rings is 1. The molecule has 1 atom stereocenters. The summed E-state index contributed by atoms with van der Waals surface area (Å²) in [4.78, 5) is 10.7. The number of furan rings is 1. The molecule has 2 aromatic rings. The monoisotopic (exact) mass is 289 g/mol. The Bertz CT molecular complexity index is 548. The van der Waals surface area contributed by atoms with E-state index in [9.17, 15) is 4.79 Å². The standard InChI is InChI=1S/C16H19NO4/c1-12(11-15-3-2-9-20-15)17-8-10-21-14-6-4-13(5-7-14)16(18)19/h2-7,9,12,17H,8,10-11H2,1H3,(H,18,19). The molecule has 1 heterocycles. The predicted octanol–water partition coefficient (Wildman–Crippen LogP) is 2.58. The van der Waals surface area contributed by atoms with E-state index in [1.807, 2.05) is 12.1 Å². The topological polar surface area (TPSA) is 71.7 Å². The van der Waals surface area contributed by atoms with Crippen molar-refractivity contribution in [3.8, 4) is 5.75 Å². The zero-order valence-electron chi connectivity index (χ0n) is 11.9. The summed E-state index contributed by atoms with van der Waals surface area (Å²) in [5.74, 6) is 0.690. The summed E-state index contributed by atoms with van der Waals surface area (Å²) in [5, 5.41) is 12.1. The molecule has 1 aromatic carbocycles. The van der Waals surface area contributed by atoms with Gasteiger partial charge in [0.25, 0.3) is 0 Å². The second-order valence-electron chi connectivity index (χ2n) is 4.82. The Balaban J connectivity index is 1.66. The second-order valence-corrected chi connectivity index (χ2v) is 4.82. The van der Waals surface area contributed by atoms with Gasteiger partial charge in [0.1, 0.15) is 18.1 Å².